The number of imide groups is 1. The van der Waals surface area contributed by atoms with Gasteiger partial charge in [0.2, 0.25) is 11.4 Å². The minimum absolute atomic E-state index is 0.0317. The summed E-state index contributed by atoms with van der Waals surface area (Å²) in [7, 11) is -8.82. The molecule has 0 spiro atoms. The fraction of sp³-hybridized carbons (Fsp3) is 0.400. The van der Waals surface area contributed by atoms with Crippen LogP contribution in [0.15, 0.2) is 203 Å². The zero-order valence-corrected chi connectivity index (χ0v) is 70.7. The highest BCUT2D eigenvalue weighted by Crippen LogP contribution is 2.50. The number of aryl methyl sites for hydroxylation is 2. The van der Waals surface area contributed by atoms with Gasteiger partial charge in [0.1, 0.15) is 13.1 Å². The van der Waals surface area contributed by atoms with Crippen LogP contribution < -0.4 is 9.80 Å². The molecule has 6 aromatic carbocycles. The first-order valence-electron chi connectivity index (χ1n) is 39.9. The van der Waals surface area contributed by atoms with Crippen molar-refractivity contribution in [1.29, 1.82) is 0 Å². The first-order valence-corrected chi connectivity index (χ1v) is 42.8. The fourth-order valence-corrected chi connectivity index (χ4v) is 16.7. The van der Waals surface area contributed by atoms with Gasteiger partial charge in [0.25, 0.3) is 43.4 Å². The van der Waals surface area contributed by atoms with E-state index in [1.807, 2.05) is 76.3 Å². The Morgan fingerprint density at radius 2 is 0.874 bits per heavy atom. The molecule has 0 unspecified atom stereocenters. The Balaban J connectivity index is 0.000000252. The maximum absolute atomic E-state index is 12.4. The molecule has 0 saturated carbocycles. The summed E-state index contributed by atoms with van der Waals surface area (Å²) >= 11 is 0. The van der Waals surface area contributed by atoms with Crippen LogP contribution in [0.25, 0.3) is 0 Å². The van der Waals surface area contributed by atoms with E-state index in [0.29, 0.717) is 110 Å². The minimum Gasteiger partial charge on any atom is -0.481 e. The maximum atomic E-state index is 12.4. The third-order valence-corrected chi connectivity index (χ3v) is 23.8. The Hall–Kier alpha value is -10.8. The van der Waals surface area contributed by atoms with E-state index in [1.54, 1.807) is 36.4 Å². The highest BCUT2D eigenvalue weighted by Gasteiger charge is 2.47. The summed E-state index contributed by atoms with van der Waals surface area (Å²) in [5.41, 5.74) is 14.4. The number of ether oxygens (including phenoxy) is 4. The van der Waals surface area contributed by atoms with E-state index in [1.165, 1.54) is 70.8 Å². The molecule has 29 heteroatoms. The van der Waals surface area contributed by atoms with Gasteiger partial charge in [-0.2, -0.15) is 26.0 Å². The molecule has 632 valence electrons. The lowest BCUT2D eigenvalue weighted by molar-refractivity contribution is -0.438. The molecule has 0 aromatic heterocycles. The number of amides is 2. The summed E-state index contributed by atoms with van der Waals surface area (Å²) in [6.45, 7) is 26.7. The lowest BCUT2D eigenvalue weighted by Gasteiger charge is -2.27. The Morgan fingerprint density at radius 3 is 1.26 bits per heavy atom. The molecule has 5 aliphatic heterocycles. The number of carbonyl (C=O) groups excluding carboxylic acids is 3. The lowest BCUT2D eigenvalue weighted by atomic mass is 9.81. The Kier molecular flexibility index (Phi) is 30.0. The van der Waals surface area contributed by atoms with E-state index in [2.05, 4.69) is 109 Å². The van der Waals surface area contributed by atoms with Gasteiger partial charge in [0, 0.05) is 145 Å². The predicted octanol–water partition coefficient (Wildman–Crippen LogP) is 15.9. The number of hydroxylamine groups is 2. The van der Waals surface area contributed by atoms with E-state index in [9.17, 15) is 65.3 Å². The van der Waals surface area contributed by atoms with Crippen LogP contribution in [0, 0.1) is 34.1 Å². The van der Waals surface area contributed by atoms with E-state index in [-0.39, 0.29) is 57.7 Å². The molecule has 2 amide bonds. The fourth-order valence-electron chi connectivity index (χ4n) is 15.7. The van der Waals surface area contributed by atoms with Crippen molar-refractivity contribution in [3.8, 4) is 0 Å². The van der Waals surface area contributed by atoms with Crippen molar-refractivity contribution in [3.63, 3.8) is 0 Å². The minimum atomic E-state index is -4.44. The molecule has 1 saturated heterocycles. The number of hydrogen-bond donors (Lipinski definition) is 3. The van der Waals surface area contributed by atoms with Crippen molar-refractivity contribution in [2.75, 3.05) is 75.6 Å². The number of hydrogen-bond acceptors (Lipinski definition) is 19. The standard InChI is InChI=1S/C47H54N4O11S.C43H51N3O9S/c1-33-15-21-39-37(30-33)46(2,3)42(49(39)26-27-60-28-29-61-32-34-16-18-35(19-17-34)51(55)56)13-9-6-8-12-41-47(4,5)38-31-36(63(57,58)59)20-22-40(38)48(41)25-11-7-10-14-45(54)62-50-43(52)23-24-44(50)53;1-31-15-21-37-35(28-31)42(2,3)40(45(37)24-25-54-26-27-55-30-32-16-18-33(19-17-32)46(49)50)13-9-6-8-12-39-43(4,5)36-29-34(56(51,52)53)20-22-38(36)44(39)23-11-7-10-14-41(47)48/h6,8-9,12-13,15-22,30-31H,7,10-11,14,23-29,32H2,1-5H3;6,8-9,12-13,15-22,28-29H,7,10-11,14,23-27,30H2,1-5H3,(H-,47,48,51,52,53)/p+2. The van der Waals surface area contributed by atoms with Crippen LogP contribution in [0.5, 0.6) is 0 Å². The lowest BCUT2D eigenvalue weighted by Crippen LogP contribution is -2.31. The molecule has 6 aromatic rings. The SMILES string of the molecule is Cc1ccc2c(c1)C(C)(C)C(=CC=CC=CC1=[N+](CCCCCC(=O)O)c3ccc(S(=O)(=O)O)cc3C1(C)C)N2CCOCCOCc1ccc([N+](=O)[O-])cc1.Cc1ccc2c(c1)C(C)(C)C(=CC=CC=CC1=[N+](CCCCCC(=O)ON3C(=O)CCC3=O)c3ccc(S(=O)(=O)O)cc3C1(C)C)N2CCOCCOCc1ccc([N+](=O)[O-])cc1. The second kappa shape index (κ2) is 39.4. The van der Waals surface area contributed by atoms with E-state index in [0.717, 1.165) is 80.7 Å². The molecular weight excluding hydrogens is 1560 g/mol. The van der Waals surface area contributed by atoms with E-state index < -0.39 is 64.7 Å². The third-order valence-electron chi connectivity index (χ3n) is 22.1. The van der Waals surface area contributed by atoms with Gasteiger partial charge in [-0.15, -0.1) is 5.06 Å². The highest BCUT2D eigenvalue weighted by molar-refractivity contribution is 7.86. The van der Waals surface area contributed by atoms with Gasteiger partial charge in [-0.3, -0.25) is 43.7 Å². The molecule has 0 atom stereocenters. The second-order valence-electron chi connectivity index (χ2n) is 32.1. The Morgan fingerprint density at radius 1 is 0.479 bits per heavy atom. The second-order valence-corrected chi connectivity index (χ2v) is 34.9. The van der Waals surface area contributed by atoms with Gasteiger partial charge < -0.3 is 38.7 Å². The van der Waals surface area contributed by atoms with Crippen molar-refractivity contribution in [2.24, 2.45) is 0 Å². The number of nitro groups is 2. The molecule has 5 heterocycles. The molecule has 27 nitrogen and oxygen atoms in total. The number of nitro benzene ring substituents is 2. The zero-order valence-electron chi connectivity index (χ0n) is 69.1. The maximum Gasteiger partial charge on any atom is 0.333 e. The van der Waals surface area contributed by atoms with Crippen LogP contribution in [0.2, 0.25) is 0 Å². The van der Waals surface area contributed by atoms with Crippen molar-refractivity contribution < 1.29 is 93.0 Å². The topological polar surface area (TPSA) is 345 Å². The summed E-state index contributed by atoms with van der Waals surface area (Å²) < 4.78 is 95.7. The average Bonchev–Trinajstić information content (AvgIpc) is 1.60. The Bertz CT molecular complexity index is 5290. The monoisotopic (exact) mass is 1670 g/mol. The number of unbranched alkanes of at least 4 members (excludes halogenated alkanes) is 4. The number of nitrogens with zero attached hydrogens (tertiary/aromatic N) is 7. The third kappa shape index (κ3) is 22.4. The normalized spacial score (nSPS) is 17.1. The van der Waals surface area contributed by atoms with Crippen molar-refractivity contribution in [2.45, 2.75) is 178 Å². The summed E-state index contributed by atoms with van der Waals surface area (Å²) in [4.78, 5) is 77.2. The molecule has 11 rings (SSSR count). The van der Waals surface area contributed by atoms with Crippen molar-refractivity contribution >= 4 is 89.5 Å². The number of carbonyl (C=O) groups is 4. The molecule has 0 bridgehead atoms. The number of anilines is 2. The molecule has 119 heavy (non-hydrogen) atoms. The van der Waals surface area contributed by atoms with Crippen LogP contribution in [0.3, 0.4) is 0 Å². The van der Waals surface area contributed by atoms with Gasteiger partial charge in [-0.1, -0.05) is 99.5 Å². The van der Waals surface area contributed by atoms with E-state index in [4.69, 9.17) is 28.9 Å². The molecule has 3 N–H and O–H groups in total. The first kappa shape index (κ1) is 90.6. The Labute approximate surface area is 695 Å². The molecule has 0 aliphatic carbocycles. The molecular formula is C90H107N7O20S2+2. The number of allylic oxidation sites excluding steroid dienone is 12. The van der Waals surface area contributed by atoms with Crippen molar-refractivity contribution in [3.05, 3.63) is 258 Å². The van der Waals surface area contributed by atoms with Gasteiger partial charge in [0.15, 0.2) is 11.4 Å². The molecule has 1 fully saturated rings. The van der Waals surface area contributed by atoms with Crippen LogP contribution in [-0.2, 0) is 98.1 Å². The number of benzene rings is 6. The van der Waals surface area contributed by atoms with Gasteiger partial charge in [0.05, 0.1) is 83.3 Å². The van der Waals surface area contributed by atoms with E-state index >= 15 is 0 Å². The largest absolute Gasteiger partial charge is 0.481 e. The quantitative estimate of drug-likeness (QED) is 0.00614. The number of aliphatic carboxylic acids is 1. The van der Waals surface area contributed by atoms with Crippen LogP contribution in [-0.4, -0.2) is 156 Å². The molecule has 0 radical (unpaired) electrons. The summed E-state index contributed by atoms with van der Waals surface area (Å²) in [5, 5.41) is 31.4. The summed E-state index contributed by atoms with van der Waals surface area (Å²) in [6, 6.07) is 34.9. The number of rotatable bonds is 39. The van der Waals surface area contributed by atoms with Crippen molar-refractivity contribution in [1.82, 2.24) is 5.06 Å². The number of carboxylic acid groups (broad SMARTS) is 1. The van der Waals surface area contributed by atoms with Gasteiger partial charge in [-0.25, -0.2) is 4.79 Å². The predicted molar refractivity (Wildman–Crippen MR) is 453 cm³/mol. The van der Waals surface area contributed by atoms with Gasteiger partial charge in [-0.05, 0) is 162 Å². The zero-order chi connectivity index (χ0) is 86.2. The van der Waals surface area contributed by atoms with Crippen LogP contribution in [0.4, 0.5) is 34.1 Å². The van der Waals surface area contributed by atoms with Gasteiger partial charge >= 0.3 is 11.9 Å². The van der Waals surface area contributed by atoms with Crippen LogP contribution >= 0.6 is 0 Å². The smallest absolute Gasteiger partial charge is 0.333 e. The number of fused-ring (bicyclic) bond motifs is 4. The summed E-state index contributed by atoms with van der Waals surface area (Å²) in [5.74, 6) is -2.49. The number of carboxylic acids is 1. The average molecular weight is 1670 g/mol. The first-order chi connectivity index (χ1) is 56.4. The number of non-ortho nitro benzene ring substituents is 2. The highest BCUT2D eigenvalue weighted by atomic mass is 32.2. The molecule has 5 aliphatic rings. The summed E-state index contributed by atoms with van der Waals surface area (Å²) in [6.07, 6.45) is 24.3. The van der Waals surface area contributed by atoms with Crippen LogP contribution in [0.1, 0.15) is 164 Å².